The predicted molar refractivity (Wildman–Crippen MR) is 66.4 cm³/mol. The smallest absolute Gasteiger partial charge is 0.138 e. The minimum absolute atomic E-state index is 0.276. The number of aromatic nitrogens is 2. The van der Waals surface area contributed by atoms with Crippen LogP contribution in [-0.2, 0) is 6.54 Å². The Morgan fingerprint density at radius 1 is 1.44 bits per heavy atom. The molecule has 1 aromatic heterocycles. The van der Waals surface area contributed by atoms with Crippen LogP contribution in [0, 0.1) is 24.6 Å². The van der Waals surface area contributed by atoms with E-state index in [1.165, 1.54) is 6.07 Å². The second-order valence-corrected chi connectivity index (χ2v) is 3.99. The zero-order valence-corrected chi connectivity index (χ0v) is 10.0. The molecule has 1 aromatic carbocycles. The fourth-order valence-corrected chi connectivity index (χ4v) is 1.64. The van der Waals surface area contributed by atoms with Gasteiger partial charge in [-0.25, -0.2) is 4.39 Å². The van der Waals surface area contributed by atoms with E-state index in [-0.39, 0.29) is 12.4 Å². The molecule has 0 spiro atoms. The quantitative estimate of drug-likeness (QED) is 0.817. The van der Waals surface area contributed by atoms with Crippen molar-refractivity contribution in [3.63, 3.8) is 0 Å². The lowest BCUT2D eigenvalue weighted by atomic mass is 10.1. The van der Waals surface area contributed by atoms with Crippen LogP contribution in [0.15, 0.2) is 30.6 Å². The van der Waals surface area contributed by atoms with E-state index in [0.29, 0.717) is 12.1 Å². The molecule has 2 rings (SSSR count). The highest BCUT2D eigenvalue weighted by Gasteiger charge is 2.02. The molecule has 18 heavy (non-hydrogen) atoms. The maximum absolute atomic E-state index is 13.4. The first-order chi connectivity index (χ1) is 8.69. The Balaban J connectivity index is 2.24. The molecule has 2 aromatic rings. The Bertz CT molecular complexity index is 608. The highest BCUT2D eigenvalue weighted by Crippen LogP contribution is 2.11. The van der Waals surface area contributed by atoms with E-state index in [4.69, 9.17) is 5.11 Å². The third-order valence-corrected chi connectivity index (χ3v) is 2.44. The molecule has 0 aliphatic rings. The van der Waals surface area contributed by atoms with E-state index in [9.17, 15) is 4.39 Å². The van der Waals surface area contributed by atoms with Gasteiger partial charge >= 0.3 is 0 Å². The molecule has 0 atom stereocenters. The molecule has 1 heterocycles. The maximum atomic E-state index is 13.4. The Morgan fingerprint density at radius 2 is 2.28 bits per heavy atom. The zero-order valence-electron chi connectivity index (χ0n) is 10.0. The van der Waals surface area contributed by atoms with Crippen molar-refractivity contribution in [2.45, 2.75) is 13.5 Å². The van der Waals surface area contributed by atoms with Crippen molar-refractivity contribution in [2.75, 3.05) is 6.61 Å². The standard InChI is InChI=1S/C14H13FN2O/c1-11-8-16-17(9-11)10-12-4-5-14(15)13(7-12)3-2-6-18/h4-5,7-9,18H,6,10H2,1H3. The molecule has 1 N–H and O–H groups in total. The third kappa shape index (κ3) is 2.96. The second-order valence-electron chi connectivity index (χ2n) is 3.99. The van der Waals surface area contributed by atoms with Gasteiger partial charge in [0, 0.05) is 6.20 Å². The van der Waals surface area contributed by atoms with Crippen LogP contribution in [0.5, 0.6) is 0 Å². The minimum atomic E-state index is -0.378. The molecule has 0 saturated heterocycles. The SMILES string of the molecule is Cc1cnn(Cc2ccc(F)c(C#CCO)c2)c1. The van der Waals surface area contributed by atoms with Gasteiger partial charge in [-0.15, -0.1) is 0 Å². The van der Waals surface area contributed by atoms with E-state index >= 15 is 0 Å². The van der Waals surface area contributed by atoms with Gasteiger partial charge in [-0.1, -0.05) is 17.9 Å². The van der Waals surface area contributed by atoms with E-state index < -0.39 is 0 Å². The number of nitrogens with zero attached hydrogens (tertiary/aromatic N) is 2. The van der Waals surface area contributed by atoms with Crippen LogP contribution in [0.1, 0.15) is 16.7 Å². The molecular weight excluding hydrogens is 231 g/mol. The summed E-state index contributed by atoms with van der Waals surface area (Å²) in [6, 6.07) is 4.76. The topological polar surface area (TPSA) is 38.0 Å². The van der Waals surface area contributed by atoms with Crippen molar-refractivity contribution >= 4 is 0 Å². The molecule has 0 saturated carbocycles. The van der Waals surface area contributed by atoms with Gasteiger partial charge < -0.3 is 5.11 Å². The summed E-state index contributed by atoms with van der Waals surface area (Å²) >= 11 is 0. The molecule has 4 heteroatoms. The molecule has 0 aliphatic carbocycles. The largest absolute Gasteiger partial charge is 0.384 e. The van der Waals surface area contributed by atoms with Gasteiger partial charge in [0.25, 0.3) is 0 Å². The van der Waals surface area contributed by atoms with Crippen LogP contribution in [0.3, 0.4) is 0 Å². The van der Waals surface area contributed by atoms with Gasteiger partial charge in [0.15, 0.2) is 0 Å². The maximum Gasteiger partial charge on any atom is 0.138 e. The van der Waals surface area contributed by atoms with Gasteiger partial charge in [-0.05, 0) is 30.2 Å². The Morgan fingerprint density at radius 3 is 2.94 bits per heavy atom. The second kappa shape index (κ2) is 5.48. The van der Waals surface area contributed by atoms with Gasteiger partial charge in [0.1, 0.15) is 12.4 Å². The number of aryl methyl sites for hydroxylation is 1. The lowest BCUT2D eigenvalue weighted by Gasteiger charge is -2.03. The van der Waals surface area contributed by atoms with Crippen molar-refractivity contribution in [1.82, 2.24) is 9.78 Å². The summed E-state index contributed by atoms with van der Waals surface area (Å²) in [6.45, 7) is 2.26. The van der Waals surface area contributed by atoms with Crippen LogP contribution in [0.25, 0.3) is 0 Å². The summed E-state index contributed by atoms with van der Waals surface area (Å²) in [7, 11) is 0. The Kier molecular flexibility index (Phi) is 3.75. The van der Waals surface area contributed by atoms with E-state index in [1.54, 1.807) is 23.0 Å². The summed E-state index contributed by atoms with van der Waals surface area (Å²) in [5.74, 6) is 4.65. The lowest BCUT2D eigenvalue weighted by molar-refractivity contribution is 0.350. The first kappa shape index (κ1) is 12.3. The number of aliphatic hydroxyl groups is 1. The predicted octanol–water partition coefficient (Wildman–Crippen LogP) is 1.72. The monoisotopic (exact) mass is 244 g/mol. The first-order valence-corrected chi connectivity index (χ1v) is 5.56. The summed E-state index contributed by atoms with van der Waals surface area (Å²) in [4.78, 5) is 0. The fourth-order valence-electron chi connectivity index (χ4n) is 1.64. The average molecular weight is 244 g/mol. The normalized spacial score (nSPS) is 9.94. The highest BCUT2D eigenvalue weighted by atomic mass is 19.1. The summed E-state index contributed by atoms with van der Waals surface area (Å²) in [6.07, 6.45) is 3.69. The number of hydrogen-bond donors (Lipinski definition) is 1. The molecule has 0 amide bonds. The van der Waals surface area contributed by atoms with Crippen molar-refractivity contribution in [3.8, 4) is 11.8 Å². The van der Waals surface area contributed by atoms with Gasteiger partial charge in [0.05, 0.1) is 18.3 Å². The zero-order chi connectivity index (χ0) is 13.0. The van der Waals surface area contributed by atoms with Crippen LogP contribution >= 0.6 is 0 Å². The minimum Gasteiger partial charge on any atom is -0.384 e. The Hall–Kier alpha value is -2.12. The molecule has 0 fully saturated rings. The van der Waals surface area contributed by atoms with Gasteiger partial charge in [0.2, 0.25) is 0 Å². The summed E-state index contributed by atoms with van der Waals surface area (Å²) < 4.78 is 15.2. The molecule has 0 radical (unpaired) electrons. The van der Waals surface area contributed by atoms with Crippen molar-refractivity contribution in [1.29, 1.82) is 0 Å². The van der Waals surface area contributed by atoms with Gasteiger partial charge in [-0.3, -0.25) is 4.68 Å². The van der Waals surface area contributed by atoms with Crippen molar-refractivity contribution in [3.05, 3.63) is 53.1 Å². The average Bonchev–Trinajstić information content (AvgIpc) is 2.75. The van der Waals surface area contributed by atoms with Gasteiger partial charge in [-0.2, -0.15) is 5.10 Å². The molecule has 3 nitrogen and oxygen atoms in total. The van der Waals surface area contributed by atoms with Crippen LogP contribution < -0.4 is 0 Å². The molecule has 92 valence electrons. The number of rotatable bonds is 2. The van der Waals surface area contributed by atoms with E-state index in [2.05, 4.69) is 16.9 Å². The molecule has 0 aliphatic heterocycles. The summed E-state index contributed by atoms with van der Waals surface area (Å²) in [5.41, 5.74) is 2.30. The molecule has 0 bridgehead atoms. The first-order valence-electron chi connectivity index (χ1n) is 5.56. The third-order valence-electron chi connectivity index (χ3n) is 2.44. The van der Waals surface area contributed by atoms with E-state index in [0.717, 1.165) is 11.1 Å². The lowest BCUT2D eigenvalue weighted by Crippen LogP contribution is -2.00. The number of hydrogen-bond acceptors (Lipinski definition) is 2. The van der Waals surface area contributed by atoms with Crippen LogP contribution in [-0.4, -0.2) is 21.5 Å². The summed E-state index contributed by atoms with van der Waals surface area (Å²) in [5, 5.41) is 12.8. The van der Waals surface area contributed by atoms with E-state index in [1.807, 2.05) is 13.1 Å². The number of aliphatic hydroxyl groups excluding tert-OH is 1. The van der Waals surface area contributed by atoms with Crippen LogP contribution in [0.4, 0.5) is 4.39 Å². The van der Waals surface area contributed by atoms with Crippen molar-refractivity contribution in [2.24, 2.45) is 0 Å². The molecular formula is C14H13FN2O. The number of benzene rings is 1. The highest BCUT2D eigenvalue weighted by molar-refractivity contribution is 5.38. The molecule has 0 unspecified atom stereocenters. The fraction of sp³-hybridized carbons (Fsp3) is 0.214. The number of halogens is 1. The van der Waals surface area contributed by atoms with Crippen LogP contribution in [0.2, 0.25) is 0 Å². The Labute approximate surface area is 105 Å². The van der Waals surface area contributed by atoms with Crippen molar-refractivity contribution < 1.29 is 9.50 Å².